The molecule has 2 aromatic heterocycles. The van der Waals surface area contributed by atoms with E-state index in [4.69, 9.17) is 9.47 Å². The lowest BCUT2D eigenvalue weighted by atomic mass is 10.1. The molecule has 1 N–H and O–H groups in total. The van der Waals surface area contributed by atoms with Gasteiger partial charge in [-0.15, -0.1) is 14.8 Å². The first-order chi connectivity index (χ1) is 11.8. The van der Waals surface area contributed by atoms with Gasteiger partial charge in [0, 0.05) is 6.54 Å². The number of rotatable bonds is 8. The number of fused-ring (bicyclic) bond motifs is 1. The van der Waals surface area contributed by atoms with Crippen LogP contribution in [0.15, 0.2) is 30.3 Å². The van der Waals surface area contributed by atoms with Gasteiger partial charge in [-0.25, -0.2) is 0 Å². The average Bonchev–Trinajstić information content (AvgIpc) is 3.05. The van der Waals surface area contributed by atoms with E-state index in [1.54, 1.807) is 0 Å². The molecule has 8 nitrogen and oxygen atoms in total. The molecule has 0 amide bonds. The van der Waals surface area contributed by atoms with Crippen molar-refractivity contribution in [3.63, 3.8) is 0 Å². The molecular weight excluding hydrogens is 308 g/mol. The molecule has 0 aliphatic rings. The molecule has 2 heterocycles. The number of hydrogen-bond acceptors (Lipinski definition) is 7. The van der Waals surface area contributed by atoms with Crippen molar-refractivity contribution in [1.82, 2.24) is 25.3 Å². The Labute approximate surface area is 139 Å². The molecule has 0 saturated heterocycles. The highest BCUT2D eigenvalue weighted by molar-refractivity contribution is 5.44. The summed E-state index contributed by atoms with van der Waals surface area (Å²) in [6.07, 6.45) is 0.835. The van der Waals surface area contributed by atoms with E-state index in [-0.39, 0.29) is 0 Å². The highest BCUT2D eigenvalue weighted by Crippen LogP contribution is 2.28. The number of aromatic nitrogens is 5. The fourth-order valence-corrected chi connectivity index (χ4v) is 2.33. The van der Waals surface area contributed by atoms with Gasteiger partial charge in [0.25, 0.3) is 0 Å². The van der Waals surface area contributed by atoms with Gasteiger partial charge in [0.1, 0.15) is 5.82 Å². The Kier molecular flexibility index (Phi) is 5.05. The van der Waals surface area contributed by atoms with Crippen LogP contribution in [0.2, 0.25) is 0 Å². The summed E-state index contributed by atoms with van der Waals surface area (Å²) >= 11 is 0. The van der Waals surface area contributed by atoms with Crippen LogP contribution in [0.25, 0.3) is 5.65 Å². The summed E-state index contributed by atoms with van der Waals surface area (Å²) in [5.74, 6) is 2.29. The van der Waals surface area contributed by atoms with Gasteiger partial charge in [-0.05, 0) is 60.5 Å². The minimum atomic E-state index is 0.609. The van der Waals surface area contributed by atoms with Gasteiger partial charge < -0.3 is 14.8 Å². The van der Waals surface area contributed by atoms with Crippen LogP contribution in [0.1, 0.15) is 19.4 Å². The highest BCUT2D eigenvalue weighted by atomic mass is 16.5. The number of nitrogens with zero attached hydrogens (tertiary/aromatic N) is 5. The molecule has 8 heteroatoms. The maximum Gasteiger partial charge on any atom is 0.200 e. The van der Waals surface area contributed by atoms with E-state index in [9.17, 15) is 0 Å². The topological polar surface area (TPSA) is 86.5 Å². The lowest BCUT2D eigenvalue weighted by Gasteiger charge is -2.12. The van der Waals surface area contributed by atoms with Gasteiger partial charge in [-0.2, -0.15) is 0 Å². The Balaban J connectivity index is 1.62. The molecule has 0 fully saturated rings. The van der Waals surface area contributed by atoms with Crippen LogP contribution >= 0.6 is 0 Å². The first-order valence-electron chi connectivity index (χ1n) is 7.98. The Bertz CT molecular complexity index is 804. The molecule has 126 valence electrons. The van der Waals surface area contributed by atoms with Crippen LogP contribution < -0.4 is 14.8 Å². The minimum Gasteiger partial charge on any atom is -0.490 e. The molecule has 0 aliphatic heterocycles. The van der Waals surface area contributed by atoms with Crippen molar-refractivity contribution in [2.24, 2.45) is 0 Å². The predicted octanol–water partition coefficient (Wildman–Crippen LogP) is 1.97. The van der Waals surface area contributed by atoms with E-state index in [1.165, 1.54) is 4.63 Å². The molecule has 0 saturated carbocycles. The zero-order valence-electron chi connectivity index (χ0n) is 13.8. The summed E-state index contributed by atoms with van der Waals surface area (Å²) in [4.78, 5) is 0. The molecule has 0 spiro atoms. The highest BCUT2D eigenvalue weighted by Gasteiger charge is 2.06. The summed E-state index contributed by atoms with van der Waals surface area (Å²) in [5, 5.41) is 18.7. The van der Waals surface area contributed by atoms with Crippen LogP contribution in [-0.4, -0.2) is 45.0 Å². The maximum absolute atomic E-state index is 5.65. The average molecular weight is 328 g/mol. The third kappa shape index (κ3) is 3.70. The fraction of sp³-hybridized carbons (Fsp3) is 0.375. The predicted molar refractivity (Wildman–Crippen MR) is 89.6 cm³/mol. The van der Waals surface area contributed by atoms with Crippen LogP contribution in [-0.2, 0) is 6.42 Å². The number of nitrogens with one attached hydrogen (secondary N) is 1. The number of benzene rings is 1. The van der Waals surface area contributed by atoms with Crippen molar-refractivity contribution >= 4 is 11.5 Å². The molecule has 3 rings (SSSR count). The van der Waals surface area contributed by atoms with Crippen LogP contribution in [0.3, 0.4) is 0 Å². The molecule has 3 aromatic rings. The van der Waals surface area contributed by atoms with Crippen molar-refractivity contribution in [3.05, 3.63) is 35.9 Å². The quantitative estimate of drug-likeness (QED) is 0.676. The Morgan fingerprint density at radius 2 is 1.88 bits per heavy atom. The molecule has 0 unspecified atom stereocenters. The Morgan fingerprint density at radius 1 is 1.04 bits per heavy atom. The third-order valence-corrected chi connectivity index (χ3v) is 3.40. The van der Waals surface area contributed by atoms with Gasteiger partial charge >= 0.3 is 0 Å². The van der Waals surface area contributed by atoms with Crippen molar-refractivity contribution < 1.29 is 9.47 Å². The summed E-state index contributed by atoms with van der Waals surface area (Å²) < 4.78 is 12.6. The van der Waals surface area contributed by atoms with E-state index in [2.05, 4.69) is 25.9 Å². The second-order valence-electron chi connectivity index (χ2n) is 5.07. The summed E-state index contributed by atoms with van der Waals surface area (Å²) in [5.41, 5.74) is 1.78. The second-order valence-corrected chi connectivity index (χ2v) is 5.07. The third-order valence-electron chi connectivity index (χ3n) is 3.40. The van der Waals surface area contributed by atoms with Gasteiger partial charge in [-0.3, -0.25) is 0 Å². The lowest BCUT2D eigenvalue weighted by molar-refractivity contribution is 0.287. The summed E-state index contributed by atoms with van der Waals surface area (Å²) in [7, 11) is 0. The first-order valence-corrected chi connectivity index (χ1v) is 7.98. The minimum absolute atomic E-state index is 0.609. The maximum atomic E-state index is 5.65. The fourth-order valence-electron chi connectivity index (χ4n) is 2.33. The number of ether oxygens (including phenoxy) is 2. The number of tetrazole rings is 1. The molecule has 24 heavy (non-hydrogen) atoms. The monoisotopic (exact) mass is 328 g/mol. The first kappa shape index (κ1) is 16.0. The molecule has 1 aromatic carbocycles. The number of hydrogen-bond donors (Lipinski definition) is 1. The SMILES string of the molecule is CCOc1ccc(CCNc2ccc3nnnn3n2)cc1OCC. The number of anilines is 1. The van der Waals surface area contributed by atoms with E-state index < -0.39 is 0 Å². The lowest BCUT2D eigenvalue weighted by Crippen LogP contribution is -2.08. The van der Waals surface area contributed by atoms with Crippen molar-refractivity contribution in [1.29, 1.82) is 0 Å². The van der Waals surface area contributed by atoms with Gasteiger partial charge in [0.15, 0.2) is 17.1 Å². The van der Waals surface area contributed by atoms with E-state index in [0.29, 0.717) is 18.9 Å². The van der Waals surface area contributed by atoms with E-state index in [1.807, 2.05) is 44.2 Å². The van der Waals surface area contributed by atoms with Crippen LogP contribution in [0.4, 0.5) is 5.82 Å². The Morgan fingerprint density at radius 3 is 2.71 bits per heavy atom. The zero-order valence-corrected chi connectivity index (χ0v) is 13.8. The molecule has 0 atom stereocenters. The molecule has 0 bridgehead atoms. The second kappa shape index (κ2) is 7.58. The standard InChI is InChI=1S/C16H20N6O2/c1-3-23-13-6-5-12(11-14(13)24-4-2)9-10-17-15-7-8-16-18-20-21-22(16)19-15/h5-8,11H,3-4,9-10H2,1-2H3,(H,17,19). The van der Waals surface area contributed by atoms with Gasteiger partial charge in [0.05, 0.1) is 13.2 Å². The van der Waals surface area contributed by atoms with Crippen molar-refractivity contribution in [2.45, 2.75) is 20.3 Å². The summed E-state index contributed by atoms with van der Waals surface area (Å²) in [6.45, 7) is 5.89. The largest absolute Gasteiger partial charge is 0.490 e. The van der Waals surface area contributed by atoms with E-state index in [0.717, 1.165) is 35.8 Å². The zero-order chi connectivity index (χ0) is 16.8. The van der Waals surface area contributed by atoms with Crippen molar-refractivity contribution in [2.75, 3.05) is 25.1 Å². The smallest absolute Gasteiger partial charge is 0.200 e. The molecular formula is C16H20N6O2. The normalized spacial score (nSPS) is 10.8. The summed E-state index contributed by atoms with van der Waals surface area (Å²) in [6, 6.07) is 9.70. The Hall–Kier alpha value is -2.90. The molecule has 0 radical (unpaired) electrons. The van der Waals surface area contributed by atoms with Gasteiger partial charge in [0.2, 0.25) is 0 Å². The van der Waals surface area contributed by atoms with Crippen molar-refractivity contribution in [3.8, 4) is 11.5 Å². The molecule has 0 aliphatic carbocycles. The van der Waals surface area contributed by atoms with Crippen LogP contribution in [0, 0.1) is 0 Å². The van der Waals surface area contributed by atoms with Crippen LogP contribution in [0.5, 0.6) is 11.5 Å². The van der Waals surface area contributed by atoms with Gasteiger partial charge in [-0.1, -0.05) is 6.07 Å². The van der Waals surface area contributed by atoms with E-state index >= 15 is 0 Å².